The van der Waals surface area contributed by atoms with Crippen LogP contribution in [0.4, 0.5) is 0 Å². The van der Waals surface area contributed by atoms with Crippen LogP contribution in [0.15, 0.2) is 66.7 Å². The van der Waals surface area contributed by atoms with Crippen LogP contribution in [0.2, 0.25) is 5.02 Å². The molecule has 3 aromatic rings. The van der Waals surface area contributed by atoms with Crippen molar-refractivity contribution < 1.29 is 24.0 Å². The van der Waals surface area contributed by atoms with Gasteiger partial charge in [0.1, 0.15) is 18.1 Å². The first kappa shape index (κ1) is 35.7. The van der Waals surface area contributed by atoms with E-state index in [1.165, 1.54) is 9.80 Å². The van der Waals surface area contributed by atoms with Gasteiger partial charge in [-0.05, 0) is 73.9 Å². The summed E-state index contributed by atoms with van der Waals surface area (Å²) in [7, 11) is 0. The first-order valence-corrected chi connectivity index (χ1v) is 17.3. The van der Waals surface area contributed by atoms with Crippen molar-refractivity contribution in [1.82, 2.24) is 30.7 Å². The highest BCUT2D eigenvalue weighted by Crippen LogP contribution is 2.22. The predicted octanol–water partition coefficient (Wildman–Crippen LogP) is 3.47. The van der Waals surface area contributed by atoms with Crippen LogP contribution in [-0.4, -0.2) is 88.1 Å². The Morgan fingerprint density at radius 2 is 1.65 bits per heavy atom. The highest BCUT2D eigenvalue weighted by atomic mass is 35.5. The molecular formula is C37H45ClN6O5. The van der Waals surface area contributed by atoms with Gasteiger partial charge in [0.2, 0.25) is 29.5 Å². The lowest BCUT2D eigenvalue weighted by atomic mass is 10.00. The fourth-order valence-electron chi connectivity index (χ4n) is 6.51. The van der Waals surface area contributed by atoms with Crippen molar-refractivity contribution in [2.75, 3.05) is 19.6 Å². The molecule has 0 spiro atoms. The molecule has 12 heteroatoms. The molecule has 4 N–H and O–H groups in total. The lowest BCUT2D eigenvalue weighted by Gasteiger charge is -2.31. The third-order valence-electron chi connectivity index (χ3n) is 9.14. The average Bonchev–Trinajstić information content (AvgIpc) is 3.76. The van der Waals surface area contributed by atoms with E-state index in [-0.39, 0.29) is 43.1 Å². The van der Waals surface area contributed by atoms with Gasteiger partial charge in [0.05, 0.1) is 12.6 Å². The maximum Gasteiger partial charge on any atom is 0.245 e. The summed E-state index contributed by atoms with van der Waals surface area (Å²) in [6.07, 6.45) is 1.99. The van der Waals surface area contributed by atoms with E-state index in [2.05, 4.69) is 20.9 Å². The zero-order valence-corrected chi connectivity index (χ0v) is 29.0. The third-order valence-corrected chi connectivity index (χ3v) is 9.39. The van der Waals surface area contributed by atoms with E-state index in [1.807, 2.05) is 80.6 Å². The molecule has 0 saturated carbocycles. The molecule has 11 nitrogen and oxygen atoms in total. The van der Waals surface area contributed by atoms with Crippen LogP contribution < -0.4 is 16.0 Å². The fraction of sp³-hybridized carbons (Fsp3) is 0.432. The lowest BCUT2D eigenvalue weighted by Crippen LogP contribution is -2.58. The number of aromatic amines is 1. The third kappa shape index (κ3) is 9.29. The Hall–Kier alpha value is -4.64. The van der Waals surface area contributed by atoms with Crippen LogP contribution in [0.25, 0.3) is 11.3 Å². The zero-order chi connectivity index (χ0) is 35.1. The molecule has 0 aliphatic carbocycles. The molecular weight excluding hydrogens is 644 g/mol. The van der Waals surface area contributed by atoms with Crippen LogP contribution in [0.3, 0.4) is 0 Å². The number of nitrogens with zero attached hydrogens (tertiary/aromatic N) is 2. The number of carbonyl (C=O) groups excluding carboxylic acids is 5. The van der Waals surface area contributed by atoms with Crippen molar-refractivity contribution >= 4 is 41.1 Å². The van der Waals surface area contributed by atoms with Gasteiger partial charge in [0.15, 0.2) is 0 Å². The second-order valence-corrected chi connectivity index (χ2v) is 13.7. The van der Waals surface area contributed by atoms with Gasteiger partial charge in [-0.15, -0.1) is 0 Å². The van der Waals surface area contributed by atoms with E-state index in [9.17, 15) is 24.0 Å². The molecule has 5 amide bonds. The van der Waals surface area contributed by atoms with E-state index >= 15 is 0 Å². The summed E-state index contributed by atoms with van der Waals surface area (Å²) in [4.78, 5) is 74.4. The summed E-state index contributed by atoms with van der Waals surface area (Å²) in [5, 5.41) is 9.38. The molecule has 49 heavy (non-hydrogen) atoms. The van der Waals surface area contributed by atoms with Crippen molar-refractivity contribution in [1.29, 1.82) is 0 Å². The zero-order valence-electron chi connectivity index (χ0n) is 28.2. The molecule has 260 valence electrons. The minimum absolute atomic E-state index is 0.0451. The van der Waals surface area contributed by atoms with Gasteiger partial charge in [0.25, 0.3) is 0 Å². The van der Waals surface area contributed by atoms with Gasteiger partial charge in [-0.25, -0.2) is 0 Å². The number of H-pyrrole nitrogens is 1. The normalized spacial score (nSPS) is 22.6. The predicted molar refractivity (Wildman–Crippen MR) is 187 cm³/mol. The summed E-state index contributed by atoms with van der Waals surface area (Å²) in [5.74, 6) is -2.19. The van der Waals surface area contributed by atoms with Crippen LogP contribution in [0.1, 0.15) is 51.3 Å². The summed E-state index contributed by atoms with van der Waals surface area (Å²) in [6, 6.07) is 17.8. The van der Waals surface area contributed by atoms with E-state index in [1.54, 1.807) is 6.92 Å². The molecule has 3 heterocycles. The van der Waals surface area contributed by atoms with Gasteiger partial charge in [-0.3, -0.25) is 24.0 Å². The van der Waals surface area contributed by atoms with Gasteiger partial charge < -0.3 is 30.7 Å². The highest BCUT2D eigenvalue weighted by molar-refractivity contribution is 6.30. The number of amides is 5. The van der Waals surface area contributed by atoms with Crippen molar-refractivity contribution in [3.05, 3.63) is 83.0 Å². The largest absolute Gasteiger partial charge is 0.358 e. The molecule has 4 atom stereocenters. The number of carbonyl (C=O) groups is 5. The Balaban J connectivity index is 1.40. The van der Waals surface area contributed by atoms with Crippen molar-refractivity contribution in [2.24, 2.45) is 5.92 Å². The molecule has 2 aliphatic rings. The maximum absolute atomic E-state index is 13.9. The Labute approximate surface area is 292 Å². The first-order chi connectivity index (χ1) is 23.5. The molecule has 2 fully saturated rings. The first-order valence-electron chi connectivity index (χ1n) is 16.9. The number of benzene rings is 2. The number of aryl methyl sites for hydroxylation is 1. The molecule has 5 rings (SSSR count). The van der Waals surface area contributed by atoms with Crippen molar-refractivity contribution in [3.8, 4) is 11.3 Å². The van der Waals surface area contributed by atoms with E-state index in [4.69, 9.17) is 11.6 Å². The lowest BCUT2D eigenvalue weighted by molar-refractivity contribution is -0.142. The number of hydrogen-bond acceptors (Lipinski definition) is 5. The molecule has 0 unspecified atom stereocenters. The minimum atomic E-state index is -0.908. The van der Waals surface area contributed by atoms with Gasteiger partial charge in [0, 0.05) is 35.9 Å². The fourth-order valence-corrected chi connectivity index (χ4v) is 6.64. The monoisotopic (exact) mass is 688 g/mol. The van der Waals surface area contributed by atoms with E-state index < -0.39 is 36.0 Å². The average molecular weight is 689 g/mol. The number of nitrogens with one attached hydrogen (secondary N) is 4. The number of fused-ring (bicyclic) bond motifs is 1. The van der Waals surface area contributed by atoms with Gasteiger partial charge >= 0.3 is 0 Å². The number of hydrogen-bond donors (Lipinski definition) is 4. The summed E-state index contributed by atoms with van der Waals surface area (Å²) in [6.45, 7) is 5.40. The molecule has 2 aliphatic heterocycles. The van der Waals surface area contributed by atoms with Crippen molar-refractivity contribution in [3.63, 3.8) is 0 Å². The Morgan fingerprint density at radius 1 is 0.918 bits per heavy atom. The quantitative estimate of drug-likeness (QED) is 0.301. The van der Waals surface area contributed by atoms with E-state index in [0.29, 0.717) is 37.3 Å². The van der Waals surface area contributed by atoms with Crippen LogP contribution in [-0.2, 0) is 36.8 Å². The van der Waals surface area contributed by atoms with Gasteiger partial charge in [-0.2, -0.15) is 0 Å². The second-order valence-electron chi connectivity index (χ2n) is 13.3. The topological polar surface area (TPSA) is 144 Å². The molecule has 0 bridgehead atoms. The summed E-state index contributed by atoms with van der Waals surface area (Å²) in [5.41, 5.74) is 3.65. The maximum atomic E-state index is 13.9. The number of rotatable bonds is 7. The smallest absolute Gasteiger partial charge is 0.245 e. The molecule has 1 aromatic heterocycles. The minimum Gasteiger partial charge on any atom is -0.358 e. The SMILES string of the molecule is CC(C)[C@@H]1NC(=O)[C@H]2CCCN2C(=O)[C@H](C)NC(=O)CN(C(=O)CCc2ccc(-c3ccc(Cl)cc3)[nH]2)C[C@H](Cc2ccccc2)NC1=O. The highest BCUT2D eigenvalue weighted by Gasteiger charge is 2.39. The Kier molecular flexibility index (Phi) is 11.8. The number of aromatic nitrogens is 1. The van der Waals surface area contributed by atoms with E-state index in [0.717, 1.165) is 22.5 Å². The second kappa shape index (κ2) is 16.2. The molecule has 0 radical (unpaired) electrons. The standard InChI is InChI=1S/C37H45ClN6O5/c1-23(2)34-36(48)41-29(20-25-8-5-4-6-9-25)21-43(22-32(45)39-24(3)37(49)44-19-7-10-31(44)35(47)42-34)33(46)18-16-28-15-17-30(40-28)26-11-13-27(38)14-12-26/h4-6,8-9,11-15,17,23-24,29,31,34,40H,7,10,16,18-22H2,1-3H3,(H,39,45)(H,41,48)(H,42,47)/t24-,29-,31+,34-/m0/s1. The Morgan fingerprint density at radius 3 is 2.37 bits per heavy atom. The summed E-state index contributed by atoms with van der Waals surface area (Å²) >= 11 is 6.04. The summed E-state index contributed by atoms with van der Waals surface area (Å²) < 4.78 is 0. The number of halogens is 1. The molecule has 2 aromatic carbocycles. The van der Waals surface area contributed by atoms with Gasteiger partial charge in [-0.1, -0.05) is 67.9 Å². The van der Waals surface area contributed by atoms with Crippen molar-refractivity contribution in [2.45, 2.75) is 77.0 Å². The Bertz CT molecular complexity index is 1640. The molecule has 2 saturated heterocycles. The van der Waals surface area contributed by atoms with Crippen LogP contribution >= 0.6 is 11.6 Å². The van der Waals surface area contributed by atoms with Crippen LogP contribution in [0, 0.1) is 5.92 Å². The van der Waals surface area contributed by atoms with Crippen LogP contribution in [0.5, 0.6) is 0 Å².